The second-order valence-corrected chi connectivity index (χ2v) is 5.72. The Morgan fingerprint density at radius 1 is 1.30 bits per heavy atom. The number of nitrogens with zero attached hydrogens (tertiary/aromatic N) is 1. The molecule has 0 aliphatic heterocycles. The van der Waals surface area contributed by atoms with Crippen LogP contribution in [0.25, 0.3) is 0 Å². The van der Waals surface area contributed by atoms with Gasteiger partial charge in [-0.25, -0.2) is 9.98 Å². The van der Waals surface area contributed by atoms with Crippen molar-refractivity contribution >= 4 is 12.0 Å². The Labute approximate surface area is 134 Å². The van der Waals surface area contributed by atoms with Crippen molar-refractivity contribution < 1.29 is 14.9 Å². The second-order valence-electron chi connectivity index (χ2n) is 5.72. The van der Waals surface area contributed by atoms with E-state index in [4.69, 9.17) is 0 Å². The van der Waals surface area contributed by atoms with Gasteiger partial charge in [0.1, 0.15) is 17.9 Å². The van der Waals surface area contributed by atoms with E-state index in [0.717, 1.165) is 17.7 Å². The Hall–Kier alpha value is -2.69. The molecule has 1 aliphatic rings. The standard InChI is InChI=1S/C18H19N3O2/c22-17-8-14(13-4-2-1-3-5-13)9-18(23)16(17)11-19-7-6-15-10-20-12-21-15/h1-5,10-12,14,22H,6-9H2,(H,20,21)/p+1/t14-/m1/s1. The molecule has 0 bridgehead atoms. The molecule has 0 saturated carbocycles. The number of ketones is 1. The van der Waals surface area contributed by atoms with E-state index in [1.54, 1.807) is 18.7 Å². The average Bonchev–Trinajstić information content (AvgIpc) is 3.07. The molecular formula is C18H20N3O2+. The number of aliphatic hydroxyl groups excluding tert-OH is 1. The van der Waals surface area contributed by atoms with Gasteiger partial charge in [0, 0.05) is 31.2 Å². The van der Waals surface area contributed by atoms with Gasteiger partial charge in [-0.05, 0) is 11.5 Å². The van der Waals surface area contributed by atoms with Crippen LogP contribution in [0, 0.1) is 0 Å². The fraction of sp³-hybridized carbons (Fsp3) is 0.278. The number of rotatable bonds is 5. The minimum Gasteiger partial charge on any atom is -0.511 e. The highest BCUT2D eigenvalue weighted by atomic mass is 16.3. The van der Waals surface area contributed by atoms with E-state index < -0.39 is 0 Å². The molecule has 0 fully saturated rings. The number of imidazole rings is 1. The third-order valence-electron chi connectivity index (χ3n) is 4.09. The maximum atomic E-state index is 12.3. The molecule has 0 radical (unpaired) electrons. The largest absolute Gasteiger partial charge is 0.511 e. The molecule has 1 aromatic heterocycles. The molecule has 1 heterocycles. The average molecular weight is 310 g/mol. The predicted octanol–water partition coefficient (Wildman–Crippen LogP) is 1.06. The molecule has 5 nitrogen and oxygen atoms in total. The van der Waals surface area contributed by atoms with Gasteiger partial charge in [0.25, 0.3) is 0 Å². The molecule has 1 aliphatic carbocycles. The lowest BCUT2D eigenvalue weighted by molar-refractivity contribution is -0.450. The Morgan fingerprint density at radius 2 is 2.13 bits per heavy atom. The van der Waals surface area contributed by atoms with E-state index in [1.165, 1.54) is 0 Å². The van der Waals surface area contributed by atoms with Crippen molar-refractivity contribution in [3.63, 3.8) is 0 Å². The van der Waals surface area contributed by atoms with Crippen LogP contribution in [-0.2, 0) is 11.2 Å². The highest BCUT2D eigenvalue weighted by molar-refractivity contribution is 6.13. The summed E-state index contributed by atoms with van der Waals surface area (Å²) in [5.41, 5.74) is 2.53. The van der Waals surface area contributed by atoms with E-state index in [2.05, 4.69) is 15.0 Å². The van der Waals surface area contributed by atoms with Crippen LogP contribution in [0.15, 0.2) is 54.2 Å². The van der Waals surface area contributed by atoms with Crippen molar-refractivity contribution in [3.8, 4) is 0 Å². The van der Waals surface area contributed by atoms with Gasteiger partial charge in [-0.1, -0.05) is 30.3 Å². The second kappa shape index (κ2) is 7.05. The fourth-order valence-corrected chi connectivity index (χ4v) is 2.84. The summed E-state index contributed by atoms with van der Waals surface area (Å²) in [6.45, 7) is 0.675. The minimum absolute atomic E-state index is 0.0170. The van der Waals surface area contributed by atoms with Crippen molar-refractivity contribution in [1.29, 1.82) is 0 Å². The summed E-state index contributed by atoms with van der Waals surface area (Å²) >= 11 is 0. The molecule has 0 unspecified atom stereocenters. The van der Waals surface area contributed by atoms with Gasteiger partial charge in [0.15, 0.2) is 12.0 Å². The molecule has 0 saturated heterocycles. The molecule has 1 atom stereocenters. The minimum atomic E-state index is -0.0170. The lowest BCUT2D eigenvalue weighted by atomic mass is 9.83. The van der Waals surface area contributed by atoms with Crippen LogP contribution >= 0.6 is 0 Å². The topological polar surface area (TPSA) is 79.9 Å². The molecule has 1 aromatic carbocycles. The smallest absolute Gasteiger partial charge is 0.176 e. The van der Waals surface area contributed by atoms with Crippen LogP contribution in [0.1, 0.15) is 30.0 Å². The first-order chi connectivity index (χ1) is 11.2. The van der Waals surface area contributed by atoms with Crippen LogP contribution in [0.5, 0.6) is 0 Å². The lowest BCUT2D eigenvalue weighted by Gasteiger charge is -2.21. The zero-order valence-electron chi connectivity index (χ0n) is 12.8. The van der Waals surface area contributed by atoms with E-state index in [-0.39, 0.29) is 17.5 Å². The first-order valence-electron chi connectivity index (χ1n) is 7.78. The van der Waals surface area contributed by atoms with Crippen molar-refractivity contribution in [2.45, 2.75) is 25.2 Å². The maximum absolute atomic E-state index is 12.3. The van der Waals surface area contributed by atoms with Crippen LogP contribution in [0.3, 0.4) is 0 Å². The third kappa shape index (κ3) is 3.74. The number of hydrogen-bond acceptors (Lipinski definition) is 3. The van der Waals surface area contributed by atoms with Gasteiger partial charge >= 0.3 is 0 Å². The van der Waals surface area contributed by atoms with Gasteiger partial charge < -0.3 is 10.1 Å². The van der Waals surface area contributed by atoms with Crippen molar-refractivity contribution in [2.24, 2.45) is 0 Å². The number of carbonyl (C=O) groups excluding carboxylic acids is 1. The zero-order valence-corrected chi connectivity index (χ0v) is 12.8. The number of carbonyl (C=O) groups is 1. The van der Waals surface area contributed by atoms with Crippen LogP contribution < -0.4 is 4.99 Å². The van der Waals surface area contributed by atoms with Gasteiger partial charge in [0.2, 0.25) is 0 Å². The molecular weight excluding hydrogens is 290 g/mol. The quantitative estimate of drug-likeness (QED) is 0.723. The molecule has 0 amide bonds. The summed E-state index contributed by atoms with van der Waals surface area (Å²) in [4.78, 5) is 22.4. The molecule has 3 rings (SSSR count). The van der Waals surface area contributed by atoms with Crippen molar-refractivity contribution in [2.75, 3.05) is 6.54 Å². The predicted molar refractivity (Wildman–Crippen MR) is 87.3 cm³/mol. The number of benzene rings is 1. The molecule has 5 heteroatoms. The van der Waals surface area contributed by atoms with E-state index in [0.29, 0.717) is 25.0 Å². The van der Waals surface area contributed by atoms with Gasteiger partial charge in [0.05, 0.1) is 6.33 Å². The van der Waals surface area contributed by atoms with E-state index in [9.17, 15) is 9.90 Å². The summed E-state index contributed by atoms with van der Waals surface area (Å²) in [6.07, 6.45) is 6.77. The SMILES string of the molecule is O=C1C[C@H](c2ccccc2)CC(O)=C1C=[NH+]CCc1cnc[nH]1. The Kier molecular flexibility index (Phi) is 4.66. The molecule has 2 aromatic rings. The number of aromatic nitrogens is 2. The first-order valence-corrected chi connectivity index (χ1v) is 7.78. The van der Waals surface area contributed by atoms with Crippen LogP contribution in [-0.4, -0.2) is 33.6 Å². The van der Waals surface area contributed by atoms with Gasteiger partial charge in [-0.2, -0.15) is 0 Å². The Bertz CT molecular complexity index is 718. The summed E-state index contributed by atoms with van der Waals surface area (Å²) in [5.74, 6) is 0.214. The Balaban J connectivity index is 1.64. The van der Waals surface area contributed by atoms with Crippen LogP contribution in [0.2, 0.25) is 0 Å². The molecule has 23 heavy (non-hydrogen) atoms. The number of nitrogens with one attached hydrogen (secondary N) is 2. The highest BCUT2D eigenvalue weighted by Crippen LogP contribution is 2.32. The maximum Gasteiger partial charge on any atom is 0.176 e. The van der Waals surface area contributed by atoms with Gasteiger partial charge in [-0.3, -0.25) is 4.79 Å². The van der Waals surface area contributed by atoms with Crippen molar-refractivity contribution in [1.82, 2.24) is 9.97 Å². The molecule has 3 N–H and O–H groups in total. The number of allylic oxidation sites excluding steroid dienone is 2. The number of hydrogen-bond donors (Lipinski definition) is 3. The monoisotopic (exact) mass is 310 g/mol. The molecule has 0 spiro atoms. The highest BCUT2D eigenvalue weighted by Gasteiger charge is 2.28. The summed E-state index contributed by atoms with van der Waals surface area (Å²) in [7, 11) is 0. The normalized spacial score (nSPS) is 18.8. The first kappa shape index (κ1) is 15.2. The third-order valence-corrected chi connectivity index (χ3v) is 4.09. The summed E-state index contributed by atoms with van der Waals surface area (Å²) in [6, 6.07) is 9.87. The van der Waals surface area contributed by atoms with E-state index in [1.807, 2.05) is 30.3 Å². The van der Waals surface area contributed by atoms with Crippen LogP contribution in [0.4, 0.5) is 0 Å². The summed E-state index contributed by atoms with van der Waals surface area (Å²) < 4.78 is 0. The number of H-pyrrole nitrogens is 1. The van der Waals surface area contributed by atoms with Crippen molar-refractivity contribution in [3.05, 3.63) is 65.4 Å². The van der Waals surface area contributed by atoms with E-state index >= 15 is 0 Å². The number of aromatic amines is 1. The fourth-order valence-electron chi connectivity index (χ4n) is 2.84. The number of aliphatic hydroxyl groups is 1. The summed E-state index contributed by atoms with van der Waals surface area (Å²) in [5, 5.41) is 10.2. The number of Topliss-reactive ketones (excluding diaryl/α,β-unsaturated/α-hetero) is 1. The Morgan fingerprint density at radius 3 is 2.83 bits per heavy atom. The zero-order chi connectivity index (χ0) is 16.1. The van der Waals surface area contributed by atoms with Gasteiger partial charge in [-0.15, -0.1) is 0 Å². The molecule has 118 valence electrons. The lowest BCUT2D eigenvalue weighted by Crippen LogP contribution is -2.70.